The summed E-state index contributed by atoms with van der Waals surface area (Å²) in [5.41, 5.74) is 2.83. The van der Waals surface area contributed by atoms with Crippen molar-refractivity contribution in [1.29, 1.82) is 0 Å². The van der Waals surface area contributed by atoms with E-state index in [0.717, 1.165) is 30.1 Å². The van der Waals surface area contributed by atoms with Crippen LogP contribution in [0.2, 0.25) is 0 Å². The number of aryl methyl sites for hydroxylation is 1. The monoisotopic (exact) mass is 503 g/mol. The van der Waals surface area contributed by atoms with Crippen molar-refractivity contribution in [2.24, 2.45) is 0 Å². The Labute approximate surface area is 211 Å². The number of rotatable bonds is 7. The molecule has 0 saturated carbocycles. The van der Waals surface area contributed by atoms with Gasteiger partial charge in [-0.05, 0) is 62.4 Å². The highest BCUT2D eigenvalue weighted by Gasteiger charge is 2.33. The Kier molecular flexibility index (Phi) is 6.69. The summed E-state index contributed by atoms with van der Waals surface area (Å²) in [7, 11) is -3.89. The van der Waals surface area contributed by atoms with Gasteiger partial charge in [-0.25, -0.2) is 8.42 Å². The Balaban J connectivity index is 1.50. The first-order valence-corrected chi connectivity index (χ1v) is 13.5. The van der Waals surface area contributed by atoms with Gasteiger partial charge in [0, 0.05) is 37.4 Å². The van der Waals surface area contributed by atoms with Crippen LogP contribution in [0.4, 0.5) is 11.6 Å². The van der Waals surface area contributed by atoms with E-state index in [4.69, 9.17) is 9.15 Å². The Bertz CT molecular complexity index is 1410. The average molecular weight is 504 g/mol. The number of piperazine rings is 1. The molecule has 1 saturated heterocycles. The highest BCUT2D eigenvalue weighted by Crippen LogP contribution is 2.36. The van der Waals surface area contributed by atoms with Crippen LogP contribution >= 0.6 is 0 Å². The molecule has 0 N–H and O–H groups in total. The van der Waals surface area contributed by atoms with Gasteiger partial charge in [-0.2, -0.15) is 4.98 Å². The SMILES string of the molecule is CCOc1ccc(-c2nc(S(=O)(=O)c3ccc(C)cc3)c(N3CCN(c4ccccc4)CC3)o2)cc1. The van der Waals surface area contributed by atoms with Crippen molar-refractivity contribution < 1.29 is 17.6 Å². The zero-order chi connectivity index (χ0) is 25.1. The fraction of sp³-hybridized carbons (Fsp3) is 0.250. The maximum Gasteiger partial charge on any atom is 0.236 e. The minimum atomic E-state index is -3.89. The van der Waals surface area contributed by atoms with Crippen LogP contribution in [0, 0.1) is 6.92 Å². The predicted octanol–water partition coefficient (Wildman–Crippen LogP) is 5.21. The third-order valence-electron chi connectivity index (χ3n) is 6.27. The number of aromatic nitrogens is 1. The van der Waals surface area contributed by atoms with Gasteiger partial charge in [0.1, 0.15) is 5.75 Å². The van der Waals surface area contributed by atoms with E-state index in [9.17, 15) is 8.42 Å². The molecule has 1 aliphatic heterocycles. The molecule has 0 spiro atoms. The lowest BCUT2D eigenvalue weighted by Crippen LogP contribution is -2.46. The van der Waals surface area contributed by atoms with Crippen molar-refractivity contribution in [3.63, 3.8) is 0 Å². The summed E-state index contributed by atoms with van der Waals surface area (Å²) in [5.74, 6) is 1.29. The lowest BCUT2D eigenvalue weighted by atomic mass is 10.2. The van der Waals surface area contributed by atoms with E-state index in [1.54, 1.807) is 24.3 Å². The average Bonchev–Trinajstić information content (AvgIpc) is 3.37. The summed E-state index contributed by atoms with van der Waals surface area (Å²) in [6.07, 6.45) is 0. The van der Waals surface area contributed by atoms with Crippen LogP contribution in [-0.2, 0) is 9.84 Å². The van der Waals surface area contributed by atoms with E-state index in [1.807, 2.05) is 61.2 Å². The summed E-state index contributed by atoms with van der Waals surface area (Å²) in [5, 5.41) is -0.0524. The van der Waals surface area contributed by atoms with E-state index in [1.165, 1.54) is 0 Å². The normalized spacial score (nSPS) is 14.2. The Morgan fingerprint density at radius 2 is 1.50 bits per heavy atom. The van der Waals surface area contributed by atoms with Crippen LogP contribution in [0.25, 0.3) is 11.5 Å². The summed E-state index contributed by atoms with van der Waals surface area (Å²) in [4.78, 5) is 8.99. The molecule has 1 fully saturated rings. The van der Waals surface area contributed by atoms with E-state index in [2.05, 4.69) is 22.0 Å². The molecule has 3 aromatic carbocycles. The smallest absolute Gasteiger partial charge is 0.236 e. The fourth-order valence-electron chi connectivity index (χ4n) is 4.29. The first-order chi connectivity index (χ1) is 17.5. The highest BCUT2D eigenvalue weighted by atomic mass is 32.2. The van der Waals surface area contributed by atoms with Gasteiger partial charge in [-0.3, -0.25) is 0 Å². The standard InChI is InChI=1S/C28H29N3O4S/c1-3-34-24-13-11-22(12-14-24)26-29-27(36(32,33)25-15-9-21(2)10-16-25)28(35-26)31-19-17-30(18-20-31)23-7-5-4-6-8-23/h4-16H,3,17-20H2,1-2H3. The molecule has 186 valence electrons. The molecule has 1 aromatic heterocycles. The minimum Gasteiger partial charge on any atom is -0.494 e. The number of hydrogen-bond donors (Lipinski definition) is 0. The van der Waals surface area contributed by atoms with Crippen molar-refractivity contribution >= 4 is 21.4 Å². The van der Waals surface area contributed by atoms with E-state index in [-0.39, 0.29) is 21.7 Å². The number of benzene rings is 3. The summed E-state index contributed by atoms with van der Waals surface area (Å²) in [6, 6.07) is 24.3. The molecular formula is C28H29N3O4S. The maximum atomic E-state index is 13.7. The zero-order valence-electron chi connectivity index (χ0n) is 20.4. The number of para-hydroxylation sites is 1. The number of anilines is 2. The van der Waals surface area contributed by atoms with Crippen LogP contribution in [-0.4, -0.2) is 46.2 Å². The van der Waals surface area contributed by atoms with Gasteiger partial charge in [-0.15, -0.1) is 0 Å². The van der Waals surface area contributed by atoms with Crippen molar-refractivity contribution in [2.45, 2.75) is 23.8 Å². The highest BCUT2D eigenvalue weighted by molar-refractivity contribution is 7.91. The number of sulfone groups is 1. The van der Waals surface area contributed by atoms with Crippen LogP contribution in [0.1, 0.15) is 12.5 Å². The second kappa shape index (κ2) is 10.1. The van der Waals surface area contributed by atoms with Crippen molar-refractivity contribution in [3.05, 3.63) is 84.4 Å². The number of hydrogen-bond acceptors (Lipinski definition) is 7. The molecule has 0 radical (unpaired) electrons. The van der Waals surface area contributed by atoms with E-state index >= 15 is 0 Å². The third kappa shape index (κ3) is 4.81. The Hall–Kier alpha value is -3.78. The number of oxazole rings is 1. The zero-order valence-corrected chi connectivity index (χ0v) is 21.2. The second-order valence-electron chi connectivity index (χ2n) is 8.71. The van der Waals surface area contributed by atoms with Gasteiger partial charge < -0.3 is 19.0 Å². The largest absolute Gasteiger partial charge is 0.494 e. The van der Waals surface area contributed by atoms with Gasteiger partial charge >= 0.3 is 0 Å². The van der Waals surface area contributed by atoms with Crippen molar-refractivity contribution in [1.82, 2.24) is 4.98 Å². The van der Waals surface area contributed by atoms with Gasteiger partial charge in [0.25, 0.3) is 0 Å². The molecule has 5 rings (SSSR count). The fourth-order valence-corrected chi connectivity index (χ4v) is 5.61. The molecule has 7 nitrogen and oxygen atoms in total. The van der Waals surface area contributed by atoms with Gasteiger partial charge in [0.15, 0.2) is 0 Å². The lowest BCUT2D eigenvalue weighted by molar-refractivity contribution is 0.340. The molecule has 0 atom stereocenters. The number of ether oxygens (including phenoxy) is 1. The Morgan fingerprint density at radius 1 is 0.861 bits per heavy atom. The van der Waals surface area contributed by atoms with Crippen LogP contribution < -0.4 is 14.5 Å². The van der Waals surface area contributed by atoms with Crippen LogP contribution in [0.15, 0.2) is 93.2 Å². The first kappa shape index (κ1) is 23.9. The molecule has 0 aliphatic carbocycles. The maximum absolute atomic E-state index is 13.7. The molecule has 0 amide bonds. The first-order valence-electron chi connectivity index (χ1n) is 12.1. The third-order valence-corrected chi connectivity index (χ3v) is 7.93. The van der Waals surface area contributed by atoms with E-state index < -0.39 is 9.84 Å². The molecule has 2 heterocycles. The van der Waals surface area contributed by atoms with Gasteiger partial charge in [0.2, 0.25) is 26.6 Å². The minimum absolute atomic E-state index is 0.0524. The van der Waals surface area contributed by atoms with Crippen molar-refractivity contribution in [3.8, 4) is 17.2 Å². The number of nitrogens with zero attached hydrogens (tertiary/aromatic N) is 3. The molecular weight excluding hydrogens is 474 g/mol. The van der Waals surface area contributed by atoms with Crippen LogP contribution in [0.5, 0.6) is 5.75 Å². The molecule has 0 bridgehead atoms. The predicted molar refractivity (Wildman–Crippen MR) is 141 cm³/mol. The van der Waals surface area contributed by atoms with Crippen molar-refractivity contribution in [2.75, 3.05) is 42.6 Å². The van der Waals surface area contributed by atoms with Gasteiger partial charge in [-0.1, -0.05) is 35.9 Å². The molecule has 4 aromatic rings. The quantitative estimate of drug-likeness (QED) is 0.343. The topological polar surface area (TPSA) is 75.9 Å². The molecule has 0 unspecified atom stereocenters. The van der Waals surface area contributed by atoms with Gasteiger partial charge in [0.05, 0.1) is 11.5 Å². The Morgan fingerprint density at radius 3 is 2.14 bits per heavy atom. The molecule has 1 aliphatic rings. The summed E-state index contributed by atoms with van der Waals surface area (Å²) < 4.78 is 39.1. The van der Waals surface area contributed by atoms with Crippen LogP contribution in [0.3, 0.4) is 0 Å². The lowest BCUT2D eigenvalue weighted by Gasteiger charge is -2.36. The second-order valence-corrected chi connectivity index (χ2v) is 10.6. The summed E-state index contributed by atoms with van der Waals surface area (Å²) in [6.45, 7) is 7.13. The molecule has 8 heteroatoms. The van der Waals surface area contributed by atoms with E-state index in [0.29, 0.717) is 25.3 Å². The summed E-state index contributed by atoms with van der Waals surface area (Å²) >= 11 is 0. The molecule has 36 heavy (non-hydrogen) atoms.